The number of hydrogen-bond acceptors (Lipinski definition) is 4. The smallest absolute Gasteiger partial charge is 0.191 e. The maximum absolute atomic E-state index is 6.01. The minimum Gasteiger partial charge on any atom is -0.493 e. The number of pyridine rings is 1. The van der Waals surface area contributed by atoms with E-state index in [4.69, 9.17) is 14.5 Å². The molecule has 2 aromatic carbocycles. The number of ether oxygens (including phenoxy) is 2. The number of guanidine groups is 1. The molecule has 1 heterocycles. The van der Waals surface area contributed by atoms with Crippen LogP contribution in [0.25, 0.3) is 10.9 Å². The van der Waals surface area contributed by atoms with Gasteiger partial charge < -0.3 is 20.1 Å². The Morgan fingerprint density at radius 2 is 1.77 bits per heavy atom. The molecule has 30 heavy (non-hydrogen) atoms. The van der Waals surface area contributed by atoms with E-state index in [1.54, 1.807) is 7.11 Å². The molecule has 0 saturated carbocycles. The minimum atomic E-state index is -0.0584. The Bertz CT molecular complexity index is 959. The first-order valence-electron chi connectivity index (χ1n) is 9.85. The number of halogens is 1. The summed E-state index contributed by atoms with van der Waals surface area (Å²) in [6.45, 7) is 6.03. The van der Waals surface area contributed by atoms with Crippen LogP contribution < -0.4 is 20.1 Å². The average Bonchev–Trinajstić information content (AvgIpc) is 2.76. The Hall–Kier alpha value is -2.55. The van der Waals surface area contributed by atoms with E-state index >= 15 is 0 Å². The zero-order valence-electron chi connectivity index (χ0n) is 17.6. The van der Waals surface area contributed by atoms with Crippen molar-refractivity contribution < 1.29 is 9.47 Å². The van der Waals surface area contributed by atoms with Crippen molar-refractivity contribution in [3.63, 3.8) is 0 Å². The van der Waals surface area contributed by atoms with E-state index < -0.39 is 0 Å². The number of aromatic nitrogens is 1. The molecule has 0 spiro atoms. The van der Waals surface area contributed by atoms with Crippen molar-refractivity contribution in [2.45, 2.75) is 26.5 Å². The molecule has 0 radical (unpaired) electrons. The van der Waals surface area contributed by atoms with Gasteiger partial charge in [0.15, 0.2) is 17.5 Å². The lowest BCUT2D eigenvalue weighted by Crippen LogP contribution is -2.41. The molecule has 2 N–H and O–H groups in total. The van der Waals surface area contributed by atoms with Crippen LogP contribution in [0.15, 0.2) is 65.8 Å². The van der Waals surface area contributed by atoms with Crippen LogP contribution in [-0.4, -0.2) is 37.2 Å². The fourth-order valence-corrected chi connectivity index (χ4v) is 3.01. The molecule has 7 heteroatoms. The van der Waals surface area contributed by atoms with E-state index in [1.165, 1.54) is 0 Å². The second-order valence-corrected chi connectivity index (χ2v) is 6.64. The molecule has 1 atom stereocenters. The van der Waals surface area contributed by atoms with Crippen LogP contribution in [0, 0.1) is 0 Å². The van der Waals surface area contributed by atoms with Gasteiger partial charge in [-0.3, -0.25) is 4.98 Å². The Morgan fingerprint density at radius 1 is 1.03 bits per heavy atom. The third kappa shape index (κ3) is 6.48. The van der Waals surface area contributed by atoms with Crippen molar-refractivity contribution >= 4 is 40.8 Å². The molecule has 0 aliphatic heterocycles. The molecule has 0 saturated heterocycles. The Kier molecular flexibility index (Phi) is 9.66. The number of methoxy groups -OCH3 is 1. The first-order chi connectivity index (χ1) is 14.2. The maximum Gasteiger partial charge on any atom is 0.191 e. The number of hydrogen-bond donors (Lipinski definition) is 2. The monoisotopic (exact) mass is 520 g/mol. The molecule has 0 amide bonds. The zero-order chi connectivity index (χ0) is 20.5. The Balaban J connectivity index is 0.00000320. The molecule has 0 fully saturated rings. The Labute approximate surface area is 195 Å². The molecule has 3 rings (SSSR count). The lowest BCUT2D eigenvalue weighted by Gasteiger charge is -2.19. The van der Waals surface area contributed by atoms with E-state index in [-0.39, 0.29) is 30.1 Å². The molecule has 0 aliphatic carbocycles. The summed E-state index contributed by atoms with van der Waals surface area (Å²) < 4.78 is 11.4. The van der Waals surface area contributed by atoms with E-state index in [9.17, 15) is 0 Å². The lowest BCUT2D eigenvalue weighted by atomic mass is 10.1. The molecule has 1 unspecified atom stereocenters. The summed E-state index contributed by atoms with van der Waals surface area (Å²) in [6, 6.07) is 17.8. The summed E-state index contributed by atoms with van der Waals surface area (Å²) in [5, 5.41) is 7.77. The van der Waals surface area contributed by atoms with Gasteiger partial charge in [-0.05, 0) is 43.7 Å². The number of nitrogens with one attached hydrogen (secondary N) is 2. The zero-order valence-corrected chi connectivity index (χ0v) is 19.9. The molecule has 3 aromatic rings. The van der Waals surface area contributed by atoms with E-state index in [2.05, 4.69) is 21.7 Å². The quantitative estimate of drug-likeness (QED) is 0.262. The van der Waals surface area contributed by atoms with Crippen molar-refractivity contribution in [2.24, 2.45) is 4.99 Å². The number of para-hydroxylation sites is 3. The third-order valence-electron chi connectivity index (χ3n) is 4.45. The number of rotatable bonds is 8. The fourth-order valence-electron chi connectivity index (χ4n) is 3.01. The van der Waals surface area contributed by atoms with Gasteiger partial charge in [-0.25, -0.2) is 4.99 Å². The molecular formula is C23H29IN4O2. The van der Waals surface area contributed by atoms with Crippen molar-refractivity contribution in [1.82, 2.24) is 15.6 Å². The topological polar surface area (TPSA) is 67.8 Å². The molecule has 1 aromatic heterocycles. The van der Waals surface area contributed by atoms with Crippen LogP contribution in [0.4, 0.5) is 0 Å². The second kappa shape index (κ2) is 12.2. The number of aliphatic imine (C=N–C) groups is 1. The van der Waals surface area contributed by atoms with Gasteiger partial charge in [-0.2, -0.15) is 0 Å². The number of benzene rings is 2. The van der Waals surface area contributed by atoms with Crippen LogP contribution in [0.2, 0.25) is 0 Å². The minimum absolute atomic E-state index is 0. The molecular weight excluding hydrogens is 491 g/mol. The summed E-state index contributed by atoms with van der Waals surface area (Å²) in [5.41, 5.74) is 2.13. The summed E-state index contributed by atoms with van der Waals surface area (Å²) >= 11 is 0. The first kappa shape index (κ1) is 23.7. The largest absolute Gasteiger partial charge is 0.493 e. The van der Waals surface area contributed by atoms with Gasteiger partial charge in [-0.15, -0.1) is 24.0 Å². The van der Waals surface area contributed by atoms with E-state index in [0.29, 0.717) is 13.1 Å². The summed E-state index contributed by atoms with van der Waals surface area (Å²) in [7, 11) is 1.64. The predicted octanol–water partition coefficient (Wildman–Crippen LogP) is 4.38. The molecule has 0 bridgehead atoms. The number of fused-ring (bicyclic) bond motifs is 1. The van der Waals surface area contributed by atoms with Crippen LogP contribution in [0.1, 0.15) is 19.4 Å². The van der Waals surface area contributed by atoms with Gasteiger partial charge in [0.1, 0.15) is 6.10 Å². The van der Waals surface area contributed by atoms with Gasteiger partial charge in [0.2, 0.25) is 0 Å². The third-order valence-corrected chi connectivity index (χ3v) is 4.45. The van der Waals surface area contributed by atoms with Crippen molar-refractivity contribution in [3.8, 4) is 11.5 Å². The Morgan fingerprint density at radius 3 is 2.53 bits per heavy atom. The normalized spacial score (nSPS) is 12.0. The van der Waals surface area contributed by atoms with Crippen LogP contribution in [-0.2, 0) is 6.54 Å². The second-order valence-electron chi connectivity index (χ2n) is 6.64. The summed E-state index contributed by atoms with van der Waals surface area (Å²) in [5.74, 6) is 2.21. The summed E-state index contributed by atoms with van der Waals surface area (Å²) in [6.07, 6.45) is 1.77. The van der Waals surface area contributed by atoms with Gasteiger partial charge >= 0.3 is 0 Å². The van der Waals surface area contributed by atoms with Crippen LogP contribution in [0.5, 0.6) is 11.5 Å². The highest BCUT2D eigenvalue weighted by Gasteiger charge is 2.09. The van der Waals surface area contributed by atoms with E-state index in [1.807, 2.05) is 68.6 Å². The molecule has 0 aliphatic rings. The highest BCUT2D eigenvalue weighted by atomic mass is 127. The van der Waals surface area contributed by atoms with Gasteiger partial charge in [0.05, 0.1) is 25.7 Å². The molecule has 6 nitrogen and oxygen atoms in total. The maximum atomic E-state index is 6.01. The highest BCUT2D eigenvalue weighted by Crippen LogP contribution is 2.26. The SMILES string of the molecule is CCNC(=NCc1ccnc2ccccc12)NCC(C)Oc1ccccc1OC.I. The molecule has 160 valence electrons. The van der Waals surface area contributed by atoms with Gasteiger partial charge in [0, 0.05) is 18.1 Å². The van der Waals surface area contributed by atoms with Gasteiger partial charge in [0.25, 0.3) is 0 Å². The van der Waals surface area contributed by atoms with Gasteiger partial charge in [-0.1, -0.05) is 30.3 Å². The highest BCUT2D eigenvalue weighted by molar-refractivity contribution is 14.0. The predicted molar refractivity (Wildman–Crippen MR) is 133 cm³/mol. The van der Waals surface area contributed by atoms with Crippen molar-refractivity contribution in [2.75, 3.05) is 20.2 Å². The lowest BCUT2D eigenvalue weighted by molar-refractivity contribution is 0.213. The van der Waals surface area contributed by atoms with E-state index in [0.717, 1.165) is 40.5 Å². The number of nitrogens with zero attached hydrogens (tertiary/aromatic N) is 2. The van der Waals surface area contributed by atoms with Crippen LogP contribution >= 0.6 is 24.0 Å². The first-order valence-corrected chi connectivity index (χ1v) is 9.85. The fraction of sp³-hybridized carbons (Fsp3) is 0.304. The van der Waals surface area contributed by atoms with Crippen molar-refractivity contribution in [1.29, 1.82) is 0 Å². The standard InChI is InChI=1S/C23H28N4O2.HI/c1-4-24-23(26-15-17(2)29-22-12-8-7-11-21(22)28-3)27-16-18-13-14-25-20-10-6-5-9-19(18)20;/h5-14,17H,4,15-16H2,1-3H3,(H2,24,26,27);1H. The van der Waals surface area contributed by atoms with Crippen LogP contribution in [0.3, 0.4) is 0 Å². The average molecular weight is 520 g/mol. The summed E-state index contributed by atoms with van der Waals surface area (Å²) in [4.78, 5) is 9.15. The van der Waals surface area contributed by atoms with Crippen molar-refractivity contribution in [3.05, 3.63) is 66.4 Å².